The van der Waals surface area contributed by atoms with Gasteiger partial charge in [0.2, 0.25) is 0 Å². The summed E-state index contributed by atoms with van der Waals surface area (Å²) in [6.45, 7) is 2.02. The maximum atomic E-state index is 13.2. The van der Waals surface area contributed by atoms with E-state index >= 15 is 0 Å². The van der Waals surface area contributed by atoms with Crippen molar-refractivity contribution in [1.82, 2.24) is 10.2 Å². The van der Waals surface area contributed by atoms with Crippen molar-refractivity contribution in [2.45, 2.75) is 50.7 Å². The molecule has 2 aliphatic rings. The van der Waals surface area contributed by atoms with E-state index in [1.54, 1.807) is 12.1 Å². The lowest BCUT2D eigenvalue weighted by atomic mass is 9.98. The Bertz CT molecular complexity index is 780. The zero-order chi connectivity index (χ0) is 17.6. The third-order valence-corrected chi connectivity index (χ3v) is 6.64. The van der Waals surface area contributed by atoms with Crippen LogP contribution in [0.25, 0.3) is 11.1 Å². The highest BCUT2D eigenvalue weighted by Crippen LogP contribution is 2.34. The zero-order valence-electron chi connectivity index (χ0n) is 15.0. The molecule has 2 saturated heterocycles. The van der Waals surface area contributed by atoms with Crippen molar-refractivity contribution in [3.05, 3.63) is 45.9 Å². The zero-order valence-corrected chi connectivity index (χ0v) is 16.6. The largest absolute Gasteiger partial charge is 0.338 e. The van der Waals surface area contributed by atoms with Crippen LogP contribution in [-0.4, -0.2) is 36.0 Å². The molecule has 26 heavy (non-hydrogen) atoms. The van der Waals surface area contributed by atoms with E-state index in [-0.39, 0.29) is 24.1 Å². The third-order valence-electron chi connectivity index (χ3n) is 5.60. The summed E-state index contributed by atoms with van der Waals surface area (Å²) >= 11 is 1.53. The Morgan fingerprint density at radius 1 is 1.19 bits per heavy atom. The van der Waals surface area contributed by atoms with Gasteiger partial charge in [-0.15, -0.1) is 23.7 Å². The van der Waals surface area contributed by atoms with Crippen LogP contribution in [0.15, 0.2) is 30.3 Å². The Hall–Kier alpha value is -1.43. The molecule has 1 amide bonds. The number of rotatable bonds is 3. The van der Waals surface area contributed by atoms with Crippen LogP contribution in [0.3, 0.4) is 0 Å². The lowest BCUT2D eigenvalue weighted by molar-refractivity contribution is 0.0686. The van der Waals surface area contributed by atoms with E-state index in [1.165, 1.54) is 36.3 Å². The number of carbonyl (C=O) groups excluding carboxylic acids is 1. The second-order valence-corrected chi connectivity index (χ2v) is 8.52. The van der Waals surface area contributed by atoms with Crippen LogP contribution in [0.2, 0.25) is 0 Å². The molecule has 1 N–H and O–H groups in total. The van der Waals surface area contributed by atoms with E-state index in [0.29, 0.717) is 18.1 Å². The van der Waals surface area contributed by atoms with Gasteiger partial charge in [0.05, 0.1) is 4.88 Å². The molecule has 1 aromatic heterocycles. The highest BCUT2D eigenvalue weighted by Gasteiger charge is 2.36. The summed E-state index contributed by atoms with van der Waals surface area (Å²) in [6.07, 6.45) is 4.56. The third kappa shape index (κ3) is 3.66. The second kappa shape index (κ2) is 7.67. The van der Waals surface area contributed by atoms with E-state index in [9.17, 15) is 9.18 Å². The van der Waals surface area contributed by atoms with Gasteiger partial charge in [-0.3, -0.25) is 4.79 Å². The smallest absolute Gasteiger partial charge is 0.263 e. The van der Waals surface area contributed by atoms with Crippen molar-refractivity contribution in [2.24, 2.45) is 0 Å². The summed E-state index contributed by atoms with van der Waals surface area (Å²) in [6, 6.07) is 9.89. The second-order valence-electron chi connectivity index (χ2n) is 7.27. The normalized spacial score (nSPS) is 24.2. The molecule has 3 heterocycles. The minimum Gasteiger partial charge on any atom is -0.338 e. The lowest BCUT2D eigenvalue weighted by Crippen LogP contribution is -2.48. The molecular formula is C20H24ClFN2OS. The van der Waals surface area contributed by atoms with Gasteiger partial charge in [-0.25, -0.2) is 4.39 Å². The van der Waals surface area contributed by atoms with Crippen molar-refractivity contribution in [3.63, 3.8) is 0 Å². The van der Waals surface area contributed by atoms with E-state index in [2.05, 4.69) is 5.32 Å². The summed E-state index contributed by atoms with van der Waals surface area (Å²) in [5.41, 5.74) is 1.98. The Labute approximate surface area is 164 Å². The van der Waals surface area contributed by atoms with E-state index in [1.807, 2.05) is 24.9 Å². The van der Waals surface area contributed by atoms with Crippen LogP contribution in [-0.2, 0) is 0 Å². The minimum absolute atomic E-state index is 0. The molecule has 2 bridgehead atoms. The first-order valence-corrected chi connectivity index (χ1v) is 9.72. The number of aryl methyl sites for hydroxylation is 1. The van der Waals surface area contributed by atoms with Gasteiger partial charge in [0.1, 0.15) is 5.82 Å². The predicted octanol–water partition coefficient (Wildman–Crippen LogP) is 4.64. The van der Waals surface area contributed by atoms with Gasteiger partial charge in [0.25, 0.3) is 5.91 Å². The van der Waals surface area contributed by atoms with Crippen LogP contribution in [0, 0.1) is 12.7 Å². The number of halogens is 2. The van der Waals surface area contributed by atoms with Crippen molar-refractivity contribution >= 4 is 29.7 Å². The summed E-state index contributed by atoms with van der Waals surface area (Å²) in [5.74, 6) is -0.138. The van der Waals surface area contributed by atoms with E-state index < -0.39 is 0 Å². The number of fused-ring (bicyclic) bond motifs is 2. The van der Waals surface area contributed by atoms with Gasteiger partial charge in [0.15, 0.2) is 0 Å². The number of piperidine rings is 1. The van der Waals surface area contributed by atoms with Gasteiger partial charge >= 0.3 is 0 Å². The Morgan fingerprint density at radius 2 is 1.81 bits per heavy atom. The maximum Gasteiger partial charge on any atom is 0.263 e. The number of benzene rings is 1. The number of hydrogen-bond donors (Lipinski definition) is 1. The van der Waals surface area contributed by atoms with Crippen molar-refractivity contribution < 1.29 is 9.18 Å². The van der Waals surface area contributed by atoms with E-state index in [4.69, 9.17) is 0 Å². The Kier molecular flexibility index (Phi) is 5.70. The molecular weight excluding hydrogens is 371 g/mol. The van der Waals surface area contributed by atoms with Crippen LogP contribution in [0.5, 0.6) is 0 Å². The molecule has 2 aliphatic heterocycles. The molecule has 2 aromatic rings. The molecule has 2 atom stereocenters. The molecule has 1 aromatic carbocycles. The molecule has 140 valence electrons. The summed E-state index contributed by atoms with van der Waals surface area (Å²) in [4.78, 5) is 16.8. The SMILES string of the molecule is Cc1sc(C(=O)N(C)C2CC3CCC(C2)N3)cc1-c1ccc(F)cc1.Cl. The maximum absolute atomic E-state index is 13.2. The van der Waals surface area contributed by atoms with Gasteiger partial charge in [-0.1, -0.05) is 12.1 Å². The van der Waals surface area contributed by atoms with Crippen LogP contribution >= 0.6 is 23.7 Å². The quantitative estimate of drug-likeness (QED) is 0.822. The van der Waals surface area contributed by atoms with Gasteiger partial charge in [-0.05, 0) is 61.9 Å². The molecule has 4 rings (SSSR count). The first-order chi connectivity index (χ1) is 12.0. The molecule has 0 saturated carbocycles. The van der Waals surface area contributed by atoms with Crippen LogP contribution < -0.4 is 5.32 Å². The number of carbonyl (C=O) groups is 1. The van der Waals surface area contributed by atoms with Crippen molar-refractivity contribution in [2.75, 3.05) is 7.05 Å². The van der Waals surface area contributed by atoms with Crippen molar-refractivity contribution in [1.29, 1.82) is 0 Å². The molecule has 0 spiro atoms. The fraction of sp³-hybridized carbons (Fsp3) is 0.450. The van der Waals surface area contributed by atoms with Crippen LogP contribution in [0.1, 0.15) is 40.2 Å². The Morgan fingerprint density at radius 3 is 2.42 bits per heavy atom. The summed E-state index contributed by atoms with van der Waals surface area (Å²) in [5, 5.41) is 3.63. The highest BCUT2D eigenvalue weighted by atomic mass is 35.5. The number of nitrogens with zero attached hydrogens (tertiary/aromatic N) is 1. The number of amides is 1. The standard InChI is InChI=1S/C20H23FN2OS.ClH/c1-12-18(13-3-5-14(21)6-4-13)11-19(25-12)20(24)23(2)17-9-15-7-8-16(10-17)22-15;/h3-6,11,15-17,22H,7-10H2,1-2H3;1H. The predicted molar refractivity (Wildman–Crippen MR) is 107 cm³/mol. The molecule has 6 heteroatoms. The average molecular weight is 395 g/mol. The van der Waals surface area contributed by atoms with Gasteiger partial charge in [0, 0.05) is 30.1 Å². The summed E-state index contributed by atoms with van der Waals surface area (Å²) < 4.78 is 13.2. The topological polar surface area (TPSA) is 32.3 Å². The minimum atomic E-state index is -0.242. The van der Waals surface area contributed by atoms with Gasteiger partial charge in [-0.2, -0.15) is 0 Å². The fourth-order valence-corrected chi connectivity index (χ4v) is 5.21. The molecule has 2 unspecified atom stereocenters. The molecule has 3 nitrogen and oxygen atoms in total. The molecule has 0 aliphatic carbocycles. The molecule has 0 radical (unpaired) electrons. The van der Waals surface area contributed by atoms with Crippen LogP contribution in [0.4, 0.5) is 4.39 Å². The first kappa shape index (κ1) is 19.3. The Balaban J connectivity index is 0.00000196. The first-order valence-electron chi connectivity index (χ1n) is 8.91. The monoisotopic (exact) mass is 394 g/mol. The lowest BCUT2D eigenvalue weighted by Gasteiger charge is -2.35. The number of nitrogens with one attached hydrogen (secondary N) is 1. The summed E-state index contributed by atoms with van der Waals surface area (Å²) in [7, 11) is 1.93. The highest BCUT2D eigenvalue weighted by molar-refractivity contribution is 7.14. The fourth-order valence-electron chi connectivity index (χ4n) is 4.19. The number of thiophene rings is 1. The van der Waals surface area contributed by atoms with Gasteiger partial charge < -0.3 is 10.2 Å². The average Bonchev–Trinajstić information content (AvgIpc) is 3.16. The number of hydrogen-bond acceptors (Lipinski definition) is 3. The van der Waals surface area contributed by atoms with Crippen molar-refractivity contribution in [3.8, 4) is 11.1 Å². The van der Waals surface area contributed by atoms with E-state index in [0.717, 1.165) is 33.7 Å². The molecule has 2 fully saturated rings.